The first-order chi connectivity index (χ1) is 3.39. The van der Waals surface area contributed by atoms with E-state index in [2.05, 4.69) is 7.05 Å². The Morgan fingerprint density at radius 3 is 1.75 bits per heavy atom. The maximum atomic E-state index is 3.64. The van der Waals surface area contributed by atoms with Gasteiger partial charge in [-0.3, -0.25) is 0 Å². The van der Waals surface area contributed by atoms with Gasteiger partial charge in [0.25, 0.3) is 0 Å². The van der Waals surface area contributed by atoms with Gasteiger partial charge in [0.15, 0.2) is 0 Å². The van der Waals surface area contributed by atoms with Gasteiger partial charge in [0, 0.05) is 26.5 Å². The van der Waals surface area contributed by atoms with Crippen molar-refractivity contribution >= 4 is 0 Å². The number of aromatic nitrogens is 1. The maximum absolute atomic E-state index is 3.64. The van der Waals surface area contributed by atoms with Crippen molar-refractivity contribution in [1.29, 1.82) is 0 Å². The normalized spacial score (nSPS) is 7.50. The molecule has 0 aliphatic carbocycles. The second-order valence-electron chi connectivity index (χ2n) is 1.39. The van der Waals surface area contributed by atoms with E-state index in [4.69, 9.17) is 0 Å². The zero-order valence-corrected chi connectivity index (χ0v) is 7.72. The molecular weight excluding hydrogens is 151 g/mol. The summed E-state index contributed by atoms with van der Waals surface area (Å²) in [6.45, 7) is 0. The van der Waals surface area contributed by atoms with E-state index in [-0.39, 0.29) is 19.5 Å². The van der Waals surface area contributed by atoms with Crippen LogP contribution >= 0.6 is 0 Å². The average molecular weight is 159 g/mol. The summed E-state index contributed by atoms with van der Waals surface area (Å²) in [5.41, 5.74) is 0. The van der Waals surface area contributed by atoms with Gasteiger partial charge in [-0.05, 0) is 0 Å². The summed E-state index contributed by atoms with van der Waals surface area (Å²) in [5.74, 6) is 0. The summed E-state index contributed by atoms with van der Waals surface area (Å²) in [4.78, 5) is 0. The van der Waals surface area contributed by atoms with Crippen molar-refractivity contribution in [2.75, 3.05) is 0 Å². The van der Waals surface area contributed by atoms with Gasteiger partial charge in [0.1, 0.15) is 0 Å². The quantitative estimate of drug-likeness (QED) is 0.296. The van der Waals surface area contributed by atoms with Crippen LogP contribution in [0.15, 0.2) is 30.6 Å². The van der Waals surface area contributed by atoms with Crippen LogP contribution in [0.3, 0.4) is 0 Å². The van der Waals surface area contributed by atoms with Gasteiger partial charge < -0.3 is 4.57 Å². The van der Waals surface area contributed by atoms with Gasteiger partial charge in [-0.25, -0.2) is 0 Å². The van der Waals surface area contributed by atoms with E-state index in [1.54, 1.807) is 4.57 Å². The molecule has 0 saturated carbocycles. The monoisotopic (exact) mass is 157 g/mol. The van der Waals surface area contributed by atoms with E-state index in [9.17, 15) is 0 Å². The number of hydrogen-bond donors (Lipinski definition) is 0. The Labute approximate surface area is 62.1 Å². The molecule has 2 heteroatoms. The van der Waals surface area contributed by atoms with Gasteiger partial charge >= 0.3 is 0 Å². The zero-order chi connectivity index (χ0) is 5.11. The molecule has 8 heavy (non-hydrogen) atoms. The largest absolute Gasteiger partial charge is 0.339 e. The SMILES string of the molecule is [CH2-][n+]1ccccc1.[Zn]. The second kappa shape index (κ2) is 3.62. The maximum Gasteiger partial charge on any atom is 0.0689 e. The zero-order valence-electron chi connectivity index (χ0n) is 4.75. The predicted octanol–water partition coefficient (Wildman–Crippen LogP) is 0.611. The summed E-state index contributed by atoms with van der Waals surface area (Å²) in [5, 5.41) is 0. The second-order valence-corrected chi connectivity index (χ2v) is 1.39. The summed E-state index contributed by atoms with van der Waals surface area (Å²) in [7, 11) is 3.64. The standard InChI is InChI=1S/C6H7N.Zn/c1-7-5-3-2-4-6-7;/h2-6H,1H2;. The minimum absolute atomic E-state index is 0. The molecule has 0 aromatic carbocycles. The number of pyridine rings is 1. The van der Waals surface area contributed by atoms with E-state index in [0.717, 1.165) is 0 Å². The molecule has 0 spiro atoms. The third-order valence-electron chi connectivity index (χ3n) is 0.777. The number of rotatable bonds is 0. The van der Waals surface area contributed by atoms with E-state index in [0.29, 0.717) is 0 Å². The molecule has 1 aromatic rings. The number of hydrogen-bond acceptors (Lipinski definition) is 0. The molecule has 0 aliphatic heterocycles. The van der Waals surface area contributed by atoms with Gasteiger partial charge in [-0.2, -0.15) is 0 Å². The summed E-state index contributed by atoms with van der Waals surface area (Å²) >= 11 is 0. The van der Waals surface area contributed by atoms with Crippen LogP contribution in [0.1, 0.15) is 0 Å². The van der Waals surface area contributed by atoms with Crippen LogP contribution in [-0.4, -0.2) is 0 Å². The first-order valence-corrected chi connectivity index (χ1v) is 2.17. The van der Waals surface area contributed by atoms with Gasteiger partial charge in [0.2, 0.25) is 0 Å². The molecule has 1 aromatic heterocycles. The first kappa shape index (κ1) is 7.64. The molecular formula is C6H7NZn. The molecule has 0 unspecified atom stereocenters. The van der Waals surface area contributed by atoms with Crippen LogP contribution in [0.2, 0.25) is 0 Å². The third-order valence-corrected chi connectivity index (χ3v) is 0.777. The fourth-order valence-corrected chi connectivity index (χ4v) is 0.434. The topological polar surface area (TPSA) is 3.88 Å². The van der Waals surface area contributed by atoms with E-state index in [1.807, 2.05) is 30.6 Å². The average Bonchev–Trinajstić information content (AvgIpc) is 1.69. The molecule has 1 nitrogen and oxygen atoms in total. The minimum Gasteiger partial charge on any atom is -0.339 e. The van der Waals surface area contributed by atoms with E-state index in [1.165, 1.54) is 0 Å². The smallest absolute Gasteiger partial charge is 0.0689 e. The first-order valence-electron chi connectivity index (χ1n) is 2.17. The van der Waals surface area contributed by atoms with Gasteiger partial charge in [0.05, 0.1) is 12.4 Å². The van der Waals surface area contributed by atoms with Crippen LogP contribution in [0.5, 0.6) is 0 Å². The summed E-state index contributed by atoms with van der Waals surface area (Å²) in [6, 6.07) is 5.84. The van der Waals surface area contributed by atoms with Crippen LogP contribution < -0.4 is 4.57 Å². The van der Waals surface area contributed by atoms with Crippen LogP contribution in [0, 0.1) is 7.05 Å². The van der Waals surface area contributed by atoms with Gasteiger partial charge in [-0.15, -0.1) is 0 Å². The number of nitrogens with zero attached hydrogens (tertiary/aromatic N) is 1. The Hall–Kier alpha value is -0.357. The Morgan fingerprint density at radius 2 is 1.50 bits per heavy atom. The Morgan fingerprint density at radius 1 is 1.00 bits per heavy atom. The van der Waals surface area contributed by atoms with Crippen molar-refractivity contribution in [3.8, 4) is 0 Å². The van der Waals surface area contributed by atoms with Crippen LogP contribution in [0.25, 0.3) is 0 Å². The molecule has 0 aliphatic rings. The summed E-state index contributed by atoms with van der Waals surface area (Å²) < 4.78 is 1.75. The van der Waals surface area contributed by atoms with Crippen molar-refractivity contribution in [3.05, 3.63) is 37.6 Å². The molecule has 0 bridgehead atoms. The van der Waals surface area contributed by atoms with Crippen molar-refractivity contribution in [2.45, 2.75) is 0 Å². The molecule has 0 fully saturated rings. The minimum atomic E-state index is 0. The van der Waals surface area contributed by atoms with Crippen molar-refractivity contribution in [3.63, 3.8) is 0 Å². The van der Waals surface area contributed by atoms with Gasteiger partial charge in [-0.1, -0.05) is 18.2 Å². The molecule has 1 heterocycles. The van der Waals surface area contributed by atoms with Crippen LogP contribution in [-0.2, 0) is 19.5 Å². The Balaban J connectivity index is 0.000000490. The summed E-state index contributed by atoms with van der Waals surface area (Å²) in [6.07, 6.45) is 3.78. The molecule has 0 saturated heterocycles. The molecule has 1 rings (SSSR count). The molecule has 0 amide bonds. The molecule has 0 atom stereocenters. The van der Waals surface area contributed by atoms with E-state index < -0.39 is 0 Å². The molecule has 0 N–H and O–H groups in total. The fraction of sp³-hybridized carbons (Fsp3) is 0. The van der Waals surface area contributed by atoms with Crippen molar-refractivity contribution in [2.24, 2.45) is 0 Å². The Bertz CT molecular complexity index is 138. The van der Waals surface area contributed by atoms with Crippen molar-refractivity contribution in [1.82, 2.24) is 0 Å². The van der Waals surface area contributed by atoms with E-state index >= 15 is 0 Å². The predicted molar refractivity (Wildman–Crippen MR) is 27.4 cm³/mol. The third kappa shape index (κ3) is 2.08. The van der Waals surface area contributed by atoms with Crippen molar-refractivity contribution < 1.29 is 24.0 Å². The fourth-order valence-electron chi connectivity index (χ4n) is 0.434. The Kier molecular flexibility index (Phi) is 3.46. The molecule has 0 radical (unpaired) electrons. The van der Waals surface area contributed by atoms with Crippen LogP contribution in [0.4, 0.5) is 0 Å². The molecule has 38 valence electrons.